The van der Waals surface area contributed by atoms with Gasteiger partial charge in [-0.05, 0) is 41.3 Å². The largest absolute Gasteiger partial charge is 0.273 e. The molecule has 0 saturated heterocycles. The predicted octanol–water partition coefficient (Wildman–Crippen LogP) is 3.47. The number of benzene rings is 2. The topological polar surface area (TPSA) is 58.2 Å². The SMILES string of the molecule is CC(C)c1ccc(C(=O)NNC(=O)Cc2ccc(Cl)cc2)cc1. The van der Waals surface area contributed by atoms with E-state index >= 15 is 0 Å². The van der Waals surface area contributed by atoms with Crippen LogP contribution in [0.25, 0.3) is 0 Å². The number of carbonyl (C=O) groups is 2. The van der Waals surface area contributed by atoms with Gasteiger partial charge >= 0.3 is 0 Å². The van der Waals surface area contributed by atoms with Crippen LogP contribution in [0.4, 0.5) is 0 Å². The van der Waals surface area contributed by atoms with Crippen LogP contribution in [0, 0.1) is 0 Å². The Balaban J connectivity index is 1.85. The maximum absolute atomic E-state index is 12.0. The minimum absolute atomic E-state index is 0.170. The fourth-order valence-corrected chi connectivity index (χ4v) is 2.18. The molecule has 0 atom stereocenters. The van der Waals surface area contributed by atoms with Gasteiger partial charge in [0.1, 0.15) is 0 Å². The van der Waals surface area contributed by atoms with Crippen molar-refractivity contribution < 1.29 is 9.59 Å². The zero-order chi connectivity index (χ0) is 16.8. The summed E-state index contributed by atoms with van der Waals surface area (Å²) < 4.78 is 0. The molecule has 2 N–H and O–H groups in total. The van der Waals surface area contributed by atoms with E-state index in [0.29, 0.717) is 16.5 Å². The smallest absolute Gasteiger partial charge is 0.269 e. The lowest BCUT2D eigenvalue weighted by atomic mass is 10.0. The molecule has 2 aromatic carbocycles. The Morgan fingerprint density at radius 2 is 1.57 bits per heavy atom. The minimum Gasteiger partial charge on any atom is -0.273 e. The third kappa shape index (κ3) is 5.11. The third-order valence-electron chi connectivity index (χ3n) is 3.43. The Labute approximate surface area is 140 Å². The van der Waals surface area contributed by atoms with Gasteiger partial charge in [0.2, 0.25) is 5.91 Å². The molecule has 0 unspecified atom stereocenters. The molecule has 0 saturated carbocycles. The molecular weight excluding hydrogens is 312 g/mol. The van der Waals surface area contributed by atoms with Crippen LogP contribution < -0.4 is 10.9 Å². The monoisotopic (exact) mass is 330 g/mol. The molecule has 23 heavy (non-hydrogen) atoms. The Morgan fingerprint density at radius 3 is 2.13 bits per heavy atom. The van der Waals surface area contributed by atoms with Crippen molar-refractivity contribution in [2.75, 3.05) is 0 Å². The highest BCUT2D eigenvalue weighted by Gasteiger charge is 2.08. The molecule has 5 heteroatoms. The Morgan fingerprint density at radius 1 is 0.957 bits per heavy atom. The molecule has 2 amide bonds. The van der Waals surface area contributed by atoms with Crippen molar-refractivity contribution in [2.24, 2.45) is 0 Å². The van der Waals surface area contributed by atoms with E-state index in [1.807, 2.05) is 12.1 Å². The van der Waals surface area contributed by atoms with Crippen molar-refractivity contribution in [1.82, 2.24) is 10.9 Å². The van der Waals surface area contributed by atoms with E-state index in [4.69, 9.17) is 11.6 Å². The standard InChI is InChI=1S/C18H19ClN2O2/c1-12(2)14-5-7-15(8-6-14)18(23)21-20-17(22)11-13-3-9-16(19)10-4-13/h3-10,12H,11H2,1-2H3,(H,20,22)(H,21,23). The summed E-state index contributed by atoms with van der Waals surface area (Å²) in [5, 5.41) is 0.618. The van der Waals surface area contributed by atoms with E-state index in [1.54, 1.807) is 36.4 Å². The molecule has 0 aliphatic carbocycles. The molecule has 0 fully saturated rings. The van der Waals surface area contributed by atoms with Gasteiger partial charge in [-0.2, -0.15) is 0 Å². The van der Waals surface area contributed by atoms with Gasteiger partial charge in [0.25, 0.3) is 5.91 Å². The highest BCUT2D eigenvalue weighted by atomic mass is 35.5. The van der Waals surface area contributed by atoms with Gasteiger partial charge in [0.15, 0.2) is 0 Å². The van der Waals surface area contributed by atoms with Crippen molar-refractivity contribution >= 4 is 23.4 Å². The van der Waals surface area contributed by atoms with Crippen LogP contribution in [-0.2, 0) is 11.2 Å². The van der Waals surface area contributed by atoms with E-state index in [0.717, 1.165) is 11.1 Å². The molecule has 0 bridgehead atoms. The first kappa shape index (κ1) is 17.0. The van der Waals surface area contributed by atoms with Gasteiger partial charge in [0, 0.05) is 10.6 Å². The van der Waals surface area contributed by atoms with E-state index in [-0.39, 0.29) is 18.2 Å². The number of halogens is 1. The van der Waals surface area contributed by atoms with Crippen LogP contribution in [0.15, 0.2) is 48.5 Å². The molecular formula is C18H19ClN2O2. The highest BCUT2D eigenvalue weighted by Crippen LogP contribution is 2.14. The van der Waals surface area contributed by atoms with Gasteiger partial charge in [-0.1, -0.05) is 49.7 Å². The average Bonchev–Trinajstić information content (AvgIpc) is 2.55. The van der Waals surface area contributed by atoms with Crippen LogP contribution in [0.2, 0.25) is 5.02 Å². The molecule has 2 aromatic rings. The number of hydrazine groups is 1. The number of hydrogen-bond acceptors (Lipinski definition) is 2. The number of amides is 2. The number of rotatable bonds is 4. The van der Waals surface area contributed by atoms with Gasteiger partial charge in [-0.3, -0.25) is 20.4 Å². The maximum Gasteiger partial charge on any atom is 0.269 e. The zero-order valence-electron chi connectivity index (χ0n) is 13.1. The molecule has 0 aliphatic rings. The lowest BCUT2D eigenvalue weighted by Gasteiger charge is -2.09. The van der Waals surface area contributed by atoms with Crippen molar-refractivity contribution in [1.29, 1.82) is 0 Å². The van der Waals surface area contributed by atoms with Crippen molar-refractivity contribution in [3.63, 3.8) is 0 Å². The molecule has 0 spiro atoms. The first-order chi connectivity index (χ1) is 11.0. The zero-order valence-corrected chi connectivity index (χ0v) is 13.9. The third-order valence-corrected chi connectivity index (χ3v) is 3.68. The van der Waals surface area contributed by atoms with Crippen molar-refractivity contribution in [3.8, 4) is 0 Å². The van der Waals surface area contributed by atoms with Crippen LogP contribution in [-0.4, -0.2) is 11.8 Å². The second-order valence-electron chi connectivity index (χ2n) is 5.58. The van der Waals surface area contributed by atoms with E-state index in [1.165, 1.54) is 0 Å². The van der Waals surface area contributed by atoms with Crippen LogP contribution in [0.1, 0.15) is 41.3 Å². The van der Waals surface area contributed by atoms with E-state index in [9.17, 15) is 9.59 Å². The predicted molar refractivity (Wildman–Crippen MR) is 91.3 cm³/mol. The van der Waals surface area contributed by atoms with Gasteiger partial charge in [-0.25, -0.2) is 0 Å². The van der Waals surface area contributed by atoms with E-state index in [2.05, 4.69) is 24.7 Å². The van der Waals surface area contributed by atoms with Gasteiger partial charge in [-0.15, -0.1) is 0 Å². The summed E-state index contributed by atoms with van der Waals surface area (Å²) in [5.41, 5.74) is 7.31. The Hall–Kier alpha value is -2.33. The molecule has 0 radical (unpaired) electrons. The van der Waals surface area contributed by atoms with Gasteiger partial charge in [0.05, 0.1) is 6.42 Å². The summed E-state index contributed by atoms with van der Waals surface area (Å²) in [6.07, 6.45) is 0.170. The Bertz CT molecular complexity index is 679. The second-order valence-corrected chi connectivity index (χ2v) is 6.02. The summed E-state index contributed by atoms with van der Waals surface area (Å²) in [6.45, 7) is 4.18. The normalized spacial score (nSPS) is 10.4. The minimum atomic E-state index is -0.343. The fourth-order valence-electron chi connectivity index (χ4n) is 2.05. The summed E-state index contributed by atoms with van der Waals surface area (Å²) in [5.74, 6) is -0.226. The van der Waals surface area contributed by atoms with Crippen molar-refractivity contribution in [3.05, 3.63) is 70.2 Å². The van der Waals surface area contributed by atoms with Crippen molar-refractivity contribution in [2.45, 2.75) is 26.2 Å². The molecule has 120 valence electrons. The quantitative estimate of drug-likeness (QED) is 0.843. The fraction of sp³-hybridized carbons (Fsp3) is 0.222. The van der Waals surface area contributed by atoms with Gasteiger partial charge < -0.3 is 0 Å². The molecule has 2 rings (SSSR count). The number of hydrogen-bond donors (Lipinski definition) is 2. The molecule has 0 aromatic heterocycles. The number of nitrogens with one attached hydrogen (secondary N) is 2. The summed E-state index contributed by atoms with van der Waals surface area (Å²) >= 11 is 5.79. The summed E-state index contributed by atoms with van der Waals surface area (Å²) in [7, 11) is 0. The molecule has 4 nitrogen and oxygen atoms in total. The first-order valence-corrected chi connectivity index (χ1v) is 7.77. The Kier molecular flexibility index (Phi) is 5.77. The lowest BCUT2D eigenvalue weighted by molar-refractivity contribution is -0.121. The molecule has 0 heterocycles. The molecule has 0 aliphatic heterocycles. The summed E-state index contributed by atoms with van der Waals surface area (Å²) in [6, 6.07) is 14.3. The first-order valence-electron chi connectivity index (χ1n) is 7.39. The lowest BCUT2D eigenvalue weighted by Crippen LogP contribution is -2.42. The van der Waals surface area contributed by atoms with Crippen LogP contribution >= 0.6 is 11.6 Å². The van der Waals surface area contributed by atoms with Crippen LogP contribution in [0.5, 0.6) is 0 Å². The van der Waals surface area contributed by atoms with E-state index < -0.39 is 0 Å². The van der Waals surface area contributed by atoms with Crippen LogP contribution in [0.3, 0.4) is 0 Å². The average molecular weight is 331 g/mol. The maximum atomic E-state index is 12.0. The second kappa shape index (κ2) is 7.79. The highest BCUT2D eigenvalue weighted by molar-refractivity contribution is 6.30. The summed E-state index contributed by atoms with van der Waals surface area (Å²) in [4.78, 5) is 23.8. The number of carbonyl (C=O) groups excluding carboxylic acids is 2.